The van der Waals surface area contributed by atoms with Crippen molar-refractivity contribution in [2.24, 2.45) is 4.99 Å². The van der Waals surface area contributed by atoms with Crippen molar-refractivity contribution >= 4 is 40.8 Å². The topological polar surface area (TPSA) is 71.0 Å². The molecular formula is C25H32IN5O2. The lowest BCUT2D eigenvalue weighted by Crippen LogP contribution is -2.44. The van der Waals surface area contributed by atoms with Crippen LogP contribution in [0.5, 0.6) is 11.5 Å². The van der Waals surface area contributed by atoms with E-state index in [1.807, 2.05) is 37.5 Å². The fourth-order valence-electron chi connectivity index (χ4n) is 4.19. The second kappa shape index (κ2) is 12.0. The van der Waals surface area contributed by atoms with E-state index in [1.54, 1.807) is 14.2 Å². The molecular weight excluding hydrogens is 529 g/mol. The molecule has 1 atom stereocenters. The number of aromatic nitrogens is 1. The van der Waals surface area contributed by atoms with Crippen molar-refractivity contribution in [1.29, 1.82) is 0 Å². The van der Waals surface area contributed by atoms with Crippen molar-refractivity contribution in [3.05, 3.63) is 65.9 Å². The molecule has 2 heterocycles. The maximum Gasteiger partial charge on any atom is 0.191 e. The minimum absolute atomic E-state index is 0. The maximum atomic E-state index is 5.40. The van der Waals surface area contributed by atoms with Crippen LogP contribution in [0, 0.1) is 0 Å². The summed E-state index contributed by atoms with van der Waals surface area (Å²) in [6, 6.07) is 16.7. The number of benzene rings is 2. The number of hydrogen-bond acceptors (Lipinski definition) is 5. The molecule has 0 amide bonds. The lowest BCUT2D eigenvalue weighted by molar-refractivity contribution is 0.321. The molecule has 1 aliphatic rings. The number of guanidine groups is 1. The van der Waals surface area contributed by atoms with Gasteiger partial charge in [0.25, 0.3) is 0 Å². The molecule has 7 nitrogen and oxygen atoms in total. The number of pyridine rings is 1. The summed E-state index contributed by atoms with van der Waals surface area (Å²) in [5.41, 5.74) is 3.41. The predicted molar refractivity (Wildman–Crippen MR) is 144 cm³/mol. The lowest BCUT2D eigenvalue weighted by atomic mass is 10.1. The Balaban J connectivity index is 0.00000306. The van der Waals surface area contributed by atoms with Crippen LogP contribution >= 0.6 is 24.0 Å². The summed E-state index contributed by atoms with van der Waals surface area (Å²) in [4.78, 5) is 11.3. The molecule has 33 heavy (non-hydrogen) atoms. The SMILES string of the molecule is CN=C(NCc1ccnc2ccccc12)NC1CCN(Cc2cc(OC)cc(OC)c2)C1.I. The van der Waals surface area contributed by atoms with Crippen LogP contribution in [0.25, 0.3) is 10.9 Å². The fourth-order valence-corrected chi connectivity index (χ4v) is 4.19. The van der Waals surface area contributed by atoms with E-state index in [2.05, 4.69) is 49.8 Å². The summed E-state index contributed by atoms with van der Waals surface area (Å²) in [5.74, 6) is 2.46. The highest BCUT2D eigenvalue weighted by Crippen LogP contribution is 2.24. The summed E-state index contributed by atoms with van der Waals surface area (Å²) < 4.78 is 10.8. The monoisotopic (exact) mass is 561 g/mol. The molecule has 4 rings (SSSR count). The van der Waals surface area contributed by atoms with Gasteiger partial charge in [-0.3, -0.25) is 14.9 Å². The van der Waals surface area contributed by atoms with Gasteiger partial charge >= 0.3 is 0 Å². The van der Waals surface area contributed by atoms with Crippen LogP contribution < -0.4 is 20.1 Å². The lowest BCUT2D eigenvalue weighted by Gasteiger charge is -2.19. The summed E-state index contributed by atoms with van der Waals surface area (Å²) in [5, 5.41) is 8.20. The Morgan fingerprint density at radius 1 is 1.12 bits per heavy atom. The van der Waals surface area contributed by atoms with Crippen molar-refractivity contribution in [2.75, 3.05) is 34.4 Å². The zero-order chi connectivity index (χ0) is 22.3. The molecule has 2 aromatic carbocycles. The molecule has 2 N–H and O–H groups in total. The van der Waals surface area contributed by atoms with Gasteiger partial charge in [0.1, 0.15) is 11.5 Å². The average Bonchev–Trinajstić information content (AvgIpc) is 3.27. The van der Waals surface area contributed by atoms with Crippen LogP contribution in [0.4, 0.5) is 0 Å². The van der Waals surface area contributed by atoms with Gasteiger partial charge in [-0.15, -0.1) is 24.0 Å². The predicted octanol–water partition coefficient (Wildman–Crippen LogP) is 3.81. The highest BCUT2D eigenvalue weighted by molar-refractivity contribution is 14.0. The minimum atomic E-state index is 0. The van der Waals surface area contributed by atoms with Gasteiger partial charge in [-0.25, -0.2) is 0 Å². The molecule has 0 bridgehead atoms. The van der Waals surface area contributed by atoms with Gasteiger partial charge in [0.15, 0.2) is 5.96 Å². The van der Waals surface area contributed by atoms with Gasteiger partial charge in [-0.2, -0.15) is 0 Å². The van der Waals surface area contributed by atoms with Gasteiger partial charge in [0.2, 0.25) is 0 Å². The highest BCUT2D eigenvalue weighted by atomic mass is 127. The van der Waals surface area contributed by atoms with Gasteiger partial charge in [0.05, 0.1) is 19.7 Å². The summed E-state index contributed by atoms with van der Waals surface area (Å²) in [6.07, 6.45) is 2.93. The summed E-state index contributed by atoms with van der Waals surface area (Å²) in [7, 11) is 5.18. The van der Waals surface area contributed by atoms with Crippen molar-refractivity contribution in [3.8, 4) is 11.5 Å². The third-order valence-corrected chi connectivity index (χ3v) is 5.84. The number of ether oxygens (including phenoxy) is 2. The second-order valence-electron chi connectivity index (χ2n) is 8.00. The van der Waals surface area contributed by atoms with Gasteiger partial charge in [-0.1, -0.05) is 18.2 Å². The summed E-state index contributed by atoms with van der Waals surface area (Å²) in [6.45, 7) is 3.55. The standard InChI is InChI=1S/C25H31N5O2.HI/c1-26-25(28-15-19-8-10-27-24-7-5-4-6-23(19)24)29-20-9-11-30(17-20)16-18-12-21(31-2)14-22(13-18)32-3;/h4-8,10,12-14,20H,9,11,15-17H2,1-3H3,(H2,26,28,29);1H. The Hall–Kier alpha value is -2.59. The average molecular weight is 561 g/mol. The third kappa shape index (κ3) is 6.48. The number of nitrogens with zero attached hydrogens (tertiary/aromatic N) is 3. The number of rotatable bonds is 7. The molecule has 1 saturated heterocycles. The maximum absolute atomic E-state index is 5.40. The number of nitrogens with one attached hydrogen (secondary N) is 2. The largest absolute Gasteiger partial charge is 0.497 e. The number of para-hydroxylation sites is 1. The van der Waals surface area contributed by atoms with Crippen LogP contribution in [0.15, 0.2) is 59.7 Å². The van der Waals surface area contributed by atoms with E-state index < -0.39 is 0 Å². The first-order valence-corrected chi connectivity index (χ1v) is 10.9. The van der Waals surface area contributed by atoms with Gasteiger partial charge in [-0.05, 0) is 41.8 Å². The van der Waals surface area contributed by atoms with Crippen molar-refractivity contribution in [1.82, 2.24) is 20.5 Å². The number of aliphatic imine (C=N–C) groups is 1. The Morgan fingerprint density at radius 3 is 2.61 bits per heavy atom. The molecule has 8 heteroatoms. The molecule has 3 aromatic rings. The van der Waals surface area contributed by atoms with Crippen molar-refractivity contribution in [3.63, 3.8) is 0 Å². The minimum Gasteiger partial charge on any atom is -0.497 e. The summed E-state index contributed by atoms with van der Waals surface area (Å²) >= 11 is 0. The first-order chi connectivity index (χ1) is 15.7. The van der Waals surface area contributed by atoms with Crippen molar-refractivity contribution in [2.45, 2.75) is 25.6 Å². The number of likely N-dealkylation sites (tertiary alicyclic amines) is 1. The number of fused-ring (bicyclic) bond motifs is 1. The molecule has 0 saturated carbocycles. The number of hydrogen-bond donors (Lipinski definition) is 2. The smallest absolute Gasteiger partial charge is 0.191 e. The Kier molecular flexibility index (Phi) is 9.13. The first-order valence-electron chi connectivity index (χ1n) is 10.9. The van der Waals surface area contributed by atoms with Crippen LogP contribution in [0.2, 0.25) is 0 Å². The van der Waals surface area contributed by atoms with Gasteiger partial charge in [0, 0.05) is 56.9 Å². The normalized spacial score (nSPS) is 16.3. The Labute approximate surface area is 212 Å². The highest BCUT2D eigenvalue weighted by Gasteiger charge is 2.23. The molecule has 0 aliphatic carbocycles. The van der Waals surface area contributed by atoms with E-state index >= 15 is 0 Å². The molecule has 176 valence electrons. The first kappa shape index (κ1) is 25.0. The van der Waals surface area contributed by atoms with E-state index in [0.717, 1.165) is 49.0 Å². The van der Waals surface area contributed by atoms with E-state index in [0.29, 0.717) is 12.6 Å². The van der Waals surface area contributed by atoms with Crippen LogP contribution in [0.1, 0.15) is 17.5 Å². The fraction of sp³-hybridized carbons (Fsp3) is 0.360. The molecule has 1 aliphatic heterocycles. The quantitative estimate of drug-likeness (QED) is 0.260. The molecule has 1 fully saturated rings. The van der Waals surface area contributed by atoms with Gasteiger partial charge < -0.3 is 20.1 Å². The van der Waals surface area contributed by atoms with E-state index in [4.69, 9.17) is 9.47 Å². The second-order valence-corrected chi connectivity index (χ2v) is 8.00. The molecule has 1 unspecified atom stereocenters. The number of halogens is 1. The molecule has 1 aromatic heterocycles. The van der Waals surface area contributed by atoms with E-state index in [1.165, 1.54) is 16.5 Å². The van der Waals surface area contributed by atoms with E-state index in [9.17, 15) is 0 Å². The zero-order valence-electron chi connectivity index (χ0n) is 19.4. The molecule has 0 spiro atoms. The van der Waals surface area contributed by atoms with Crippen molar-refractivity contribution < 1.29 is 9.47 Å². The zero-order valence-corrected chi connectivity index (χ0v) is 21.7. The Morgan fingerprint density at radius 2 is 1.88 bits per heavy atom. The van der Waals surface area contributed by atoms with Crippen LogP contribution in [-0.2, 0) is 13.1 Å². The van der Waals surface area contributed by atoms with E-state index in [-0.39, 0.29) is 24.0 Å². The number of methoxy groups -OCH3 is 2. The Bertz CT molecular complexity index is 1060. The third-order valence-electron chi connectivity index (χ3n) is 5.84. The van der Waals surface area contributed by atoms with Crippen LogP contribution in [0.3, 0.4) is 0 Å². The van der Waals surface area contributed by atoms with Crippen LogP contribution in [-0.4, -0.2) is 56.2 Å². The molecule has 0 radical (unpaired) electrons.